The Hall–Kier alpha value is -1.06. The quantitative estimate of drug-likeness (QED) is 0.755. The van der Waals surface area contributed by atoms with Gasteiger partial charge in [0, 0.05) is 18.7 Å². The Bertz CT molecular complexity index is 413. The predicted octanol–water partition coefficient (Wildman–Crippen LogP) is 3.66. The van der Waals surface area contributed by atoms with Crippen molar-refractivity contribution >= 4 is 18.3 Å². The average molecular weight is 311 g/mol. The summed E-state index contributed by atoms with van der Waals surface area (Å²) in [6.45, 7) is 1.30. The Morgan fingerprint density at radius 3 is 2.43 bits per heavy atom. The highest BCUT2D eigenvalue weighted by Crippen LogP contribution is 2.28. The molecule has 0 spiro atoms. The summed E-state index contributed by atoms with van der Waals surface area (Å²) in [5.74, 6) is 0.976. The fourth-order valence-corrected chi connectivity index (χ4v) is 2.95. The third-order valence-electron chi connectivity index (χ3n) is 4.25. The Morgan fingerprint density at radius 2 is 1.81 bits per heavy atom. The van der Waals surface area contributed by atoms with E-state index in [-0.39, 0.29) is 18.3 Å². The van der Waals surface area contributed by atoms with Crippen LogP contribution in [0.25, 0.3) is 0 Å². The lowest BCUT2D eigenvalue weighted by Crippen LogP contribution is -2.24. The Balaban J connectivity index is 0.00000220. The van der Waals surface area contributed by atoms with Crippen LogP contribution in [0.3, 0.4) is 0 Å². The molecule has 3 nitrogen and oxygen atoms in total. The molecule has 0 aliphatic heterocycles. The van der Waals surface area contributed by atoms with Crippen molar-refractivity contribution in [3.05, 3.63) is 35.4 Å². The largest absolute Gasteiger partial charge is 0.352 e. The van der Waals surface area contributed by atoms with Gasteiger partial charge in [0.2, 0.25) is 0 Å². The summed E-state index contributed by atoms with van der Waals surface area (Å²) in [6, 6.07) is 7.51. The molecule has 0 atom stereocenters. The summed E-state index contributed by atoms with van der Waals surface area (Å²) in [5, 5.41) is 2.99. The summed E-state index contributed by atoms with van der Waals surface area (Å²) in [5.41, 5.74) is 7.31. The van der Waals surface area contributed by atoms with Gasteiger partial charge in [0.25, 0.3) is 5.91 Å². The normalized spacial score (nSPS) is 14.7. The molecule has 0 saturated heterocycles. The second kappa shape index (κ2) is 9.80. The number of unbranched alkanes of at least 4 members (excludes halogenated alkanes) is 1. The van der Waals surface area contributed by atoms with Crippen molar-refractivity contribution in [3.8, 4) is 0 Å². The van der Waals surface area contributed by atoms with Crippen LogP contribution in [0.5, 0.6) is 0 Å². The standard InChI is InChI=1S/C17H26N2O.ClH/c18-13-15-8-10-16(11-9-15)17(20)19-12-4-3-7-14-5-1-2-6-14;/h8-11,14H,1-7,12-13,18H2,(H,19,20);1H. The topological polar surface area (TPSA) is 55.1 Å². The van der Waals surface area contributed by atoms with Gasteiger partial charge >= 0.3 is 0 Å². The second-order valence-electron chi connectivity index (χ2n) is 5.80. The van der Waals surface area contributed by atoms with Crippen molar-refractivity contribution in [2.75, 3.05) is 6.54 Å². The lowest BCUT2D eigenvalue weighted by molar-refractivity contribution is 0.0953. The number of hydrogen-bond donors (Lipinski definition) is 2. The van der Waals surface area contributed by atoms with Crippen LogP contribution in [0, 0.1) is 5.92 Å². The Labute approximate surface area is 134 Å². The Morgan fingerprint density at radius 1 is 1.14 bits per heavy atom. The number of carbonyl (C=O) groups is 1. The smallest absolute Gasteiger partial charge is 0.251 e. The van der Waals surface area contributed by atoms with Crippen molar-refractivity contribution in [2.45, 2.75) is 51.5 Å². The summed E-state index contributed by atoms with van der Waals surface area (Å²) >= 11 is 0. The number of rotatable bonds is 7. The number of nitrogens with two attached hydrogens (primary N) is 1. The van der Waals surface area contributed by atoms with Crippen molar-refractivity contribution in [3.63, 3.8) is 0 Å². The van der Waals surface area contributed by atoms with Gasteiger partial charge in [-0.3, -0.25) is 4.79 Å². The third kappa shape index (κ3) is 6.06. The number of benzene rings is 1. The molecule has 21 heavy (non-hydrogen) atoms. The number of halogens is 1. The summed E-state index contributed by atoms with van der Waals surface area (Å²) < 4.78 is 0. The van der Waals surface area contributed by atoms with Gasteiger partial charge in [0.1, 0.15) is 0 Å². The SMILES string of the molecule is Cl.NCc1ccc(C(=O)NCCCCC2CCCC2)cc1. The minimum absolute atomic E-state index is 0. The van der Waals surface area contributed by atoms with E-state index in [1.165, 1.54) is 38.5 Å². The van der Waals surface area contributed by atoms with Gasteiger partial charge < -0.3 is 11.1 Å². The number of hydrogen-bond acceptors (Lipinski definition) is 2. The van der Waals surface area contributed by atoms with Crippen LogP contribution in [0.2, 0.25) is 0 Å². The lowest BCUT2D eigenvalue weighted by Gasteiger charge is -2.09. The van der Waals surface area contributed by atoms with Crippen molar-refractivity contribution in [1.29, 1.82) is 0 Å². The van der Waals surface area contributed by atoms with Crippen LogP contribution >= 0.6 is 12.4 Å². The minimum Gasteiger partial charge on any atom is -0.352 e. The van der Waals surface area contributed by atoms with Gasteiger partial charge in [0.15, 0.2) is 0 Å². The zero-order valence-electron chi connectivity index (χ0n) is 12.6. The molecule has 3 N–H and O–H groups in total. The number of nitrogens with one attached hydrogen (secondary N) is 1. The first-order valence-electron chi connectivity index (χ1n) is 7.87. The maximum Gasteiger partial charge on any atom is 0.251 e. The van der Waals surface area contributed by atoms with Crippen LogP contribution in [-0.2, 0) is 6.54 Å². The van der Waals surface area contributed by atoms with Gasteiger partial charge in [-0.2, -0.15) is 0 Å². The molecule has 1 aromatic rings. The molecule has 0 unspecified atom stereocenters. The van der Waals surface area contributed by atoms with Gasteiger partial charge in [-0.1, -0.05) is 50.7 Å². The predicted molar refractivity (Wildman–Crippen MR) is 89.7 cm³/mol. The lowest BCUT2D eigenvalue weighted by atomic mass is 10.0. The highest BCUT2D eigenvalue weighted by molar-refractivity contribution is 5.94. The molecule has 0 heterocycles. The van der Waals surface area contributed by atoms with E-state index in [4.69, 9.17) is 5.73 Å². The molecule has 1 aliphatic rings. The van der Waals surface area contributed by atoms with Crippen molar-refractivity contribution in [1.82, 2.24) is 5.32 Å². The molecule has 1 aliphatic carbocycles. The molecule has 1 amide bonds. The van der Waals surface area contributed by atoms with Crippen LogP contribution < -0.4 is 11.1 Å². The summed E-state index contributed by atoms with van der Waals surface area (Å²) in [4.78, 5) is 11.9. The number of amides is 1. The first-order chi connectivity index (χ1) is 9.79. The molecule has 0 aromatic heterocycles. The molecule has 1 saturated carbocycles. The van der Waals surface area contributed by atoms with E-state index in [2.05, 4.69) is 5.32 Å². The van der Waals surface area contributed by atoms with E-state index < -0.39 is 0 Å². The van der Waals surface area contributed by atoms with Crippen LogP contribution in [-0.4, -0.2) is 12.5 Å². The van der Waals surface area contributed by atoms with Crippen LogP contribution in [0.4, 0.5) is 0 Å². The molecular weight excluding hydrogens is 284 g/mol. The Kier molecular flexibility index (Phi) is 8.40. The highest BCUT2D eigenvalue weighted by atomic mass is 35.5. The highest BCUT2D eigenvalue weighted by Gasteiger charge is 2.14. The molecule has 0 bridgehead atoms. The van der Waals surface area contributed by atoms with Crippen LogP contribution in [0.1, 0.15) is 60.9 Å². The maximum absolute atomic E-state index is 11.9. The second-order valence-corrected chi connectivity index (χ2v) is 5.80. The third-order valence-corrected chi connectivity index (χ3v) is 4.25. The zero-order chi connectivity index (χ0) is 14.2. The summed E-state index contributed by atoms with van der Waals surface area (Å²) in [6.07, 6.45) is 9.32. The van der Waals surface area contributed by atoms with Crippen molar-refractivity contribution < 1.29 is 4.79 Å². The van der Waals surface area contributed by atoms with Gasteiger partial charge in [-0.15, -0.1) is 12.4 Å². The van der Waals surface area contributed by atoms with Gasteiger partial charge in [0.05, 0.1) is 0 Å². The fraction of sp³-hybridized carbons (Fsp3) is 0.588. The van der Waals surface area contributed by atoms with Crippen LogP contribution in [0.15, 0.2) is 24.3 Å². The van der Waals surface area contributed by atoms with E-state index in [1.807, 2.05) is 24.3 Å². The molecule has 2 rings (SSSR count). The average Bonchev–Trinajstić information content (AvgIpc) is 3.00. The van der Waals surface area contributed by atoms with E-state index in [9.17, 15) is 4.79 Å². The minimum atomic E-state index is 0. The van der Waals surface area contributed by atoms with Gasteiger partial charge in [-0.25, -0.2) is 0 Å². The van der Waals surface area contributed by atoms with E-state index in [1.54, 1.807) is 0 Å². The maximum atomic E-state index is 11.9. The van der Waals surface area contributed by atoms with E-state index >= 15 is 0 Å². The first-order valence-corrected chi connectivity index (χ1v) is 7.87. The molecule has 0 radical (unpaired) electrons. The van der Waals surface area contributed by atoms with Gasteiger partial charge in [-0.05, 0) is 30.0 Å². The molecule has 1 aromatic carbocycles. The first kappa shape index (κ1) is 18.0. The zero-order valence-corrected chi connectivity index (χ0v) is 13.5. The molecular formula is C17H27ClN2O. The fourth-order valence-electron chi connectivity index (χ4n) is 2.95. The van der Waals surface area contributed by atoms with Crippen molar-refractivity contribution in [2.24, 2.45) is 11.7 Å². The molecule has 1 fully saturated rings. The van der Waals surface area contributed by atoms with E-state index in [0.717, 1.165) is 30.0 Å². The monoisotopic (exact) mass is 310 g/mol. The number of carbonyl (C=O) groups excluding carboxylic acids is 1. The molecule has 118 valence electrons. The molecule has 4 heteroatoms. The van der Waals surface area contributed by atoms with E-state index in [0.29, 0.717) is 6.54 Å². The summed E-state index contributed by atoms with van der Waals surface area (Å²) in [7, 11) is 0.